The zero-order chi connectivity index (χ0) is 27.9. The van der Waals surface area contributed by atoms with Gasteiger partial charge < -0.3 is 10.2 Å². The van der Waals surface area contributed by atoms with E-state index >= 15 is 0 Å². The second-order valence-electron chi connectivity index (χ2n) is 11.6. The average molecular weight is 517 g/mol. The van der Waals surface area contributed by atoms with E-state index < -0.39 is 0 Å². The summed E-state index contributed by atoms with van der Waals surface area (Å²) in [6, 6.07) is 17.7. The van der Waals surface area contributed by atoms with Crippen LogP contribution in [0, 0.1) is 12.8 Å². The highest BCUT2D eigenvalue weighted by molar-refractivity contribution is 5.99. The quantitative estimate of drug-likeness (QED) is 0.300. The summed E-state index contributed by atoms with van der Waals surface area (Å²) in [7, 11) is 0. The number of aryl methyl sites for hydroxylation is 2. The predicted octanol–water partition coefficient (Wildman–Crippen LogP) is 6.95. The van der Waals surface area contributed by atoms with Gasteiger partial charge in [-0.05, 0) is 61.4 Å². The lowest BCUT2D eigenvalue weighted by Crippen LogP contribution is -2.39. The Morgan fingerprint density at radius 1 is 1.05 bits per heavy atom. The van der Waals surface area contributed by atoms with Gasteiger partial charge >= 0.3 is 0 Å². The van der Waals surface area contributed by atoms with Gasteiger partial charge in [-0.15, -0.1) is 0 Å². The van der Waals surface area contributed by atoms with Crippen LogP contribution in [0.1, 0.15) is 88.0 Å². The maximum Gasteiger partial charge on any atom is 0.254 e. The number of rotatable bonds is 11. The summed E-state index contributed by atoms with van der Waals surface area (Å²) in [5, 5.41) is 7.89. The highest BCUT2D eigenvalue weighted by Crippen LogP contribution is 2.27. The van der Waals surface area contributed by atoms with Crippen molar-refractivity contribution in [3.05, 3.63) is 77.0 Å². The van der Waals surface area contributed by atoms with E-state index in [0.29, 0.717) is 23.8 Å². The maximum absolute atomic E-state index is 13.5. The van der Waals surface area contributed by atoms with Gasteiger partial charge in [0.25, 0.3) is 5.91 Å². The number of carbonyl (C=O) groups excluding carboxylic acids is 2. The van der Waals surface area contributed by atoms with E-state index in [9.17, 15) is 9.59 Å². The number of nitrogens with zero attached hydrogens (tertiary/aromatic N) is 3. The molecule has 6 nitrogen and oxygen atoms in total. The molecule has 1 aromatic heterocycles. The molecular weight excluding hydrogens is 472 g/mol. The van der Waals surface area contributed by atoms with Crippen LogP contribution in [0.2, 0.25) is 0 Å². The van der Waals surface area contributed by atoms with Crippen molar-refractivity contribution in [3.63, 3.8) is 0 Å². The maximum atomic E-state index is 13.5. The van der Waals surface area contributed by atoms with Gasteiger partial charge in [0.1, 0.15) is 12.4 Å². The first-order chi connectivity index (χ1) is 18.0. The Balaban J connectivity index is 1.83. The van der Waals surface area contributed by atoms with Crippen molar-refractivity contribution in [3.8, 4) is 5.69 Å². The van der Waals surface area contributed by atoms with Gasteiger partial charge in [0, 0.05) is 23.6 Å². The molecule has 3 aromatic rings. The number of hydrogen-bond acceptors (Lipinski definition) is 3. The Labute approximate surface area is 228 Å². The Bertz CT molecular complexity index is 1220. The van der Waals surface area contributed by atoms with E-state index in [1.54, 1.807) is 9.58 Å². The predicted molar refractivity (Wildman–Crippen MR) is 156 cm³/mol. The fraction of sp³-hybridized carbons (Fsp3) is 0.469. The van der Waals surface area contributed by atoms with Crippen LogP contribution in [0.15, 0.2) is 54.6 Å². The molecule has 38 heavy (non-hydrogen) atoms. The molecule has 0 atom stereocenters. The van der Waals surface area contributed by atoms with Gasteiger partial charge in [-0.2, -0.15) is 5.10 Å². The minimum Gasteiger partial charge on any atom is -0.329 e. The summed E-state index contributed by atoms with van der Waals surface area (Å²) in [5.41, 5.74) is 4.51. The van der Waals surface area contributed by atoms with E-state index in [0.717, 1.165) is 42.6 Å². The third kappa shape index (κ3) is 7.80. The molecule has 1 N–H and O–H groups in total. The van der Waals surface area contributed by atoms with Crippen molar-refractivity contribution < 1.29 is 9.59 Å². The highest BCUT2D eigenvalue weighted by Gasteiger charge is 2.24. The van der Waals surface area contributed by atoms with Crippen molar-refractivity contribution in [2.75, 3.05) is 18.4 Å². The fourth-order valence-corrected chi connectivity index (χ4v) is 4.22. The van der Waals surface area contributed by atoms with Crippen molar-refractivity contribution in [2.45, 2.75) is 79.6 Å². The number of aromatic nitrogens is 2. The monoisotopic (exact) mass is 516 g/mol. The van der Waals surface area contributed by atoms with E-state index in [4.69, 9.17) is 5.10 Å². The Morgan fingerprint density at radius 3 is 2.34 bits per heavy atom. The molecule has 0 spiro atoms. The molecule has 0 unspecified atom stereocenters. The second-order valence-corrected chi connectivity index (χ2v) is 11.6. The molecule has 0 radical (unpaired) electrons. The Kier molecular flexibility index (Phi) is 9.90. The van der Waals surface area contributed by atoms with Crippen LogP contribution in [0.3, 0.4) is 0 Å². The summed E-state index contributed by atoms with van der Waals surface area (Å²) in [6.45, 7) is 15.3. The third-order valence-electron chi connectivity index (χ3n) is 6.71. The molecule has 0 aliphatic rings. The van der Waals surface area contributed by atoms with Gasteiger partial charge in [-0.1, -0.05) is 78.3 Å². The van der Waals surface area contributed by atoms with Crippen LogP contribution in [-0.2, 0) is 16.6 Å². The van der Waals surface area contributed by atoms with Gasteiger partial charge in [-0.25, -0.2) is 4.68 Å². The van der Waals surface area contributed by atoms with Crippen molar-refractivity contribution in [1.29, 1.82) is 0 Å². The lowest BCUT2D eigenvalue weighted by molar-refractivity contribution is -0.117. The summed E-state index contributed by atoms with van der Waals surface area (Å²) >= 11 is 0. The number of anilines is 1. The van der Waals surface area contributed by atoms with Gasteiger partial charge in [0.05, 0.1) is 11.4 Å². The minimum atomic E-state index is -0.239. The Morgan fingerprint density at radius 2 is 1.74 bits per heavy atom. The first-order valence-electron chi connectivity index (χ1n) is 13.8. The van der Waals surface area contributed by atoms with Crippen molar-refractivity contribution in [2.24, 2.45) is 5.92 Å². The van der Waals surface area contributed by atoms with Gasteiger partial charge in [-0.3, -0.25) is 9.59 Å². The summed E-state index contributed by atoms with van der Waals surface area (Å²) in [6.07, 6.45) is 4.10. The van der Waals surface area contributed by atoms with Gasteiger partial charge in [0.15, 0.2) is 0 Å². The largest absolute Gasteiger partial charge is 0.329 e. The molecule has 0 saturated heterocycles. The topological polar surface area (TPSA) is 67.2 Å². The molecule has 0 aliphatic carbocycles. The first kappa shape index (κ1) is 29.2. The number of benzene rings is 2. The number of amides is 2. The number of hydrogen-bond donors (Lipinski definition) is 1. The van der Waals surface area contributed by atoms with E-state index in [2.05, 4.69) is 46.9 Å². The zero-order valence-corrected chi connectivity index (χ0v) is 24.2. The molecular formula is C32H44N4O2. The molecule has 1 heterocycles. The molecule has 6 heteroatoms. The molecule has 0 aliphatic heterocycles. The number of carbonyl (C=O) groups is 2. The summed E-state index contributed by atoms with van der Waals surface area (Å²) < 4.78 is 1.79. The van der Waals surface area contributed by atoms with Crippen LogP contribution < -0.4 is 5.32 Å². The van der Waals surface area contributed by atoms with E-state index in [-0.39, 0.29) is 23.8 Å². The smallest absolute Gasteiger partial charge is 0.254 e. The van der Waals surface area contributed by atoms with Crippen LogP contribution in [0.4, 0.5) is 5.82 Å². The summed E-state index contributed by atoms with van der Waals surface area (Å²) in [5.74, 6) is 0.662. The van der Waals surface area contributed by atoms with Crippen LogP contribution in [0.5, 0.6) is 0 Å². The van der Waals surface area contributed by atoms with Crippen LogP contribution >= 0.6 is 0 Å². The standard InChI is InChI=1S/C32H44N4O2/c1-8-9-13-25-15-17-26(18-16-25)31(38)35(20-19-23(2)3)22-30(37)33-29-21-28(32(5,6)7)34-36(29)27-14-11-10-12-24(27)4/h10-12,14-18,21,23H,8-9,13,19-20,22H2,1-7H3,(H,33,37). The molecule has 2 aromatic carbocycles. The molecule has 3 rings (SSSR count). The molecule has 2 amide bonds. The van der Waals surface area contributed by atoms with E-state index in [1.165, 1.54) is 5.56 Å². The third-order valence-corrected chi connectivity index (χ3v) is 6.71. The number of para-hydroxylation sites is 1. The Hall–Kier alpha value is -3.41. The molecule has 0 fully saturated rings. The van der Waals surface area contributed by atoms with E-state index in [1.807, 2.05) is 61.5 Å². The minimum absolute atomic E-state index is 0.0209. The SMILES string of the molecule is CCCCc1ccc(C(=O)N(CCC(C)C)CC(=O)Nc2cc(C(C)(C)C)nn2-c2ccccc2C)cc1. The molecule has 0 bridgehead atoms. The number of nitrogens with one attached hydrogen (secondary N) is 1. The van der Waals surface area contributed by atoms with Gasteiger partial charge in [0.2, 0.25) is 5.91 Å². The normalized spacial score (nSPS) is 11.6. The fourth-order valence-electron chi connectivity index (χ4n) is 4.22. The van der Waals surface area contributed by atoms with Crippen molar-refractivity contribution in [1.82, 2.24) is 14.7 Å². The first-order valence-corrected chi connectivity index (χ1v) is 13.8. The summed E-state index contributed by atoms with van der Waals surface area (Å²) in [4.78, 5) is 28.5. The van der Waals surface area contributed by atoms with Crippen molar-refractivity contribution >= 4 is 17.6 Å². The van der Waals surface area contributed by atoms with Crippen LogP contribution in [-0.4, -0.2) is 39.6 Å². The second kappa shape index (κ2) is 12.9. The highest BCUT2D eigenvalue weighted by atomic mass is 16.2. The lowest BCUT2D eigenvalue weighted by Gasteiger charge is -2.23. The lowest BCUT2D eigenvalue weighted by atomic mass is 9.92. The molecule has 204 valence electrons. The average Bonchev–Trinajstić information content (AvgIpc) is 3.29. The zero-order valence-electron chi connectivity index (χ0n) is 24.2. The number of unbranched alkanes of at least 4 members (excludes halogenated alkanes) is 1. The molecule has 0 saturated carbocycles. The van der Waals surface area contributed by atoms with Crippen LogP contribution in [0.25, 0.3) is 5.69 Å².